The van der Waals surface area contributed by atoms with E-state index >= 15 is 0 Å². The number of aliphatic carboxylic acids is 1. The van der Waals surface area contributed by atoms with Gasteiger partial charge in [-0.25, -0.2) is 0 Å². The van der Waals surface area contributed by atoms with Gasteiger partial charge in [0.15, 0.2) is 0 Å². The summed E-state index contributed by atoms with van der Waals surface area (Å²) >= 11 is 0. The zero-order valence-corrected chi connectivity index (χ0v) is 11.3. The van der Waals surface area contributed by atoms with Crippen LogP contribution >= 0.6 is 0 Å². The minimum Gasteiger partial charge on any atom is -0.480 e. The van der Waals surface area contributed by atoms with Gasteiger partial charge in [0.05, 0.1) is 0 Å². The van der Waals surface area contributed by atoms with Gasteiger partial charge in [0.2, 0.25) is 0 Å². The maximum Gasteiger partial charge on any atom is 0.320 e. The molecular formula is C15H21NO2. The third-order valence-corrected chi connectivity index (χ3v) is 4.11. The summed E-state index contributed by atoms with van der Waals surface area (Å²) in [5, 5.41) is 9.13. The predicted octanol–water partition coefficient (Wildman–Crippen LogP) is 2.65. The van der Waals surface area contributed by atoms with Gasteiger partial charge in [-0.3, -0.25) is 9.69 Å². The Morgan fingerprint density at radius 3 is 2.72 bits per heavy atom. The SMILES string of the molecule is Cc1ccccc1[C@@H]1C[C@H](C)N([C@H](C)C(=O)O)C1. The normalized spacial score (nSPS) is 26.2. The van der Waals surface area contributed by atoms with E-state index in [0.29, 0.717) is 12.0 Å². The maximum absolute atomic E-state index is 11.1. The Kier molecular flexibility index (Phi) is 3.71. The monoisotopic (exact) mass is 247 g/mol. The molecule has 0 aliphatic carbocycles. The average molecular weight is 247 g/mol. The summed E-state index contributed by atoms with van der Waals surface area (Å²) in [5.74, 6) is -0.268. The molecule has 1 aromatic carbocycles. The summed E-state index contributed by atoms with van der Waals surface area (Å²) in [4.78, 5) is 13.2. The van der Waals surface area contributed by atoms with Crippen molar-refractivity contribution in [2.75, 3.05) is 6.54 Å². The molecule has 2 rings (SSSR count). The fourth-order valence-electron chi connectivity index (χ4n) is 3.01. The minimum atomic E-state index is -0.729. The number of rotatable bonds is 3. The molecule has 0 spiro atoms. The molecule has 3 nitrogen and oxygen atoms in total. The van der Waals surface area contributed by atoms with E-state index in [1.165, 1.54) is 11.1 Å². The van der Waals surface area contributed by atoms with E-state index < -0.39 is 12.0 Å². The Bertz CT molecular complexity index is 444. The smallest absolute Gasteiger partial charge is 0.320 e. The van der Waals surface area contributed by atoms with Crippen molar-refractivity contribution >= 4 is 5.97 Å². The number of carboxylic acids is 1. The second-order valence-corrected chi connectivity index (χ2v) is 5.35. The molecule has 0 radical (unpaired) electrons. The Balaban J connectivity index is 2.16. The molecule has 3 atom stereocenters. The average Bonchev–Trinajstić information content (AvgIpc) is 2.70. The highest BCUT2D eigenvalue weighted by Gasteiger charge is 2.35. The first-order chi connectivity index (χ1) is 8.50. The van der Waals surface area contributed by atoms with Crippen molar-refractivity contribution in [3.8, 4) is 0 Å². The lowest BCUT2D eigenvalue weighted by Gasteiger charge is -2.25. The maximum atomic E-state index is 11.1. The van der Waals surface area contributed by atoms with Gasteiger partial charge in [0.1, 0.15) is 6.04 Å². The van der Waals surface area contributed by atoms with E-state index in [4.69, 9.17) is 5.11 Å². The summed E-state index contributed by atoms with van der Waals surface area (Å²) in [7, 11) is 0. The molecule has 1 aliphatic rings. The zero-order chi connectivity index (χ0) is 13.3. The molecule has 18 heavy (non-hydrogen) atoms. The third-order valence-electron chi connectivity index (χ3n) is 4.11. The van der Waals surface area contributed by atoms with Crippen LogP contribution in [0.15, 0.2) is 24.3 Å². The lowest BCUT2D eigenvalue weighted by atomic mass is 9.93. The fourth-order valence-corrected chi connectivity index (χ4v) is 3.01. The van der Waals surface area contributed by atoms with Crippen LogP contribution in [0.5, 0.6) is 0 Å². The Morgan fingerprint density at radius 2 is 2.11 bits per heavy atom. The van der Waals surface area contributed by atoms with Gasteiger partial charge in [0, 0.05) is 12.6 Å². The number of carboxylic acid groups (broad SMARTS) is 1. The number of benzene rings is 1. The fraction of sp³-hybridized carbons (Fsp3) is 0.533. The van der Waals surface area contributed by atoms with Crippen LogP contribution in [-0.4, -0.2) is 34.6 Å². The first-order valence-electron chi connectivity index (χ1n) is 6.54. The summed E-state index contributed by atoms with van der Waals surface area (Å²) in [6, 6.07) is 8.35. The Morgan fingerprint density at radius 1 is 1.44 bits per heavy atom. The largest absolute Gasteiger partial charge is 0.480 e. The quantitative estimate of drug-likeness (QED) is 0.892. The summed E-state index contributed by atoms with van der Waals surface area (Å²) in [6.45, 7) is 6.87. The summed E-state index contributed by atoms with van der Waals surface area (Å²) < 4.78 is 0. The first-order valence-corrected chi connectivity index (χ1v) is 6.54. The molecule has 0 aromatic heterocycles. The topological polar surface area (TPSA) is 40.5 Å². The number of nitrogens with zero attached hydrogens (tertiary/aromatic N) is 1. The van der Waals surface area contributed by atoms with E-state index in [1.54, 1.807) is 6.92 Å². The van der Waals surface area contributed by atoms with E-state index in [-0.39, 0.29) is 0 Å². The van der Waals surface area contributed by atoms with Crippen LogP contribution in [0, 0.1) is 6.92 Å². The molecule has 1 fully saturated rings. The van der Waals surface area contributed by atoms with Crippen molar-refractivity contribution in [3.05, 3.63) is 35.4 Å². The predicted molar refractivity (Wildman–Crippen MR) is 71.8 cm³/mol. The van der Waals surface area contributed by atoms with Crippen molar-refractivity contribution in [1.82, 2.24) is 4.90 Å². The van der Waals surface area contributed by atoms with Gasteiger partial charge < -0.3 is 5.11 Å². The third kappa shape index (κ3) is 2.41. The zero-order valence-electron chi connectivity index (χ0n) is 11.3. The van der Waals surface area contributed by atoms with E-state index in [9.17, 15) is 4.79 Å². The number of aryl methyl sites for hydroxylation is 1. The van der Waals surface area contributed by atoms with Crippen LogP contribution in [0.4, 0.5) is 0 Å². The lowest BCUT2D eigenvalue weighted by Crippen LogP contribution is -2.41. The van der Waals surface area contributed by atoms with Crippen molar-refractivity contribution in [1.29, 1.82) is 0 Å². The van der Waals surface area contributed by atoms with Gasteiger partial charge in [-0.15, -0.1) is 0 Å². The molecule has 98 valence electrons. The van der Waals surface area contributed by atoms with Crippen LogP contribution in [0.2, 0.25) is 0 Å². The molecule has 0 bridgehead atoms. The van der Waals surface area contributed by atoms with Gasteiger partial charge in [-0.2, -0.15) is 0 Å². The van der Waals surface area contributed by atoms with E-state index in [2.05, 4.69) is 43.0 Å². The van der Waals surface area contributed by atoms with E-state index in [0.717, 1.165) is 13.0 Å². The van der Waals surface area contributed by atoms with Crippen LogP contribution in [0.3, 0.4) is 0 Å². The second-order valence-electron chi connectivity index (χ2n) is 5.35. The molecule has 0 unspecified atom stereocenters. The second kappa shape index (κ2) is 5.11. The van der Waals surface area contributed by atoms with Crippen molar-refractivity contribution in [3.63, 3.8) is 0 Å². The van der Waals surface area contributed by atoms with Gasteiger partial charge in [0.25, 0.3) is 0 Å². The number of likely N-dealkylation sites (tertiary alicyclic amines) is 1. The molecule has 1 heterocycles. The molecule has 1 N–H and O–H groups in total. The molecule has 1 saturated heterocycles. The van der Waals surface area contributed by atoms with Crippen LogP contribution in [0.1, 0.15) is 37.3 Å². The molecular weight excluding hydrogens is 226 g/mol. The van der Waals surface area contributed by atoms with Gasteiger partial charge in [-0.05, 0) is 44.2 Å². The number of carbonyl (C=O) groups is 1. The van der Waals surface area contributed by atoms with Crippen LogP contribution < -0.4 is 0 Å². The summed E-state index contributed by atoms with van der Waals surface area (Å²) in [6.07, 6.45) is 1.04. The minimum absolute atomic E-state index is 0.334. The van der Waals surface area contributed by atoms with Crippen LogP contribution in [-0.2, 0) is 4.79 Å². The Labute approximate surface area is 108 Å². The standard InChI is InChI=1S/C15H21NO2/c1-10-6-4-5-7-14(10)13-8-11(2)16(9-13)12(3)15(17)18/h4-7,11-13H,8-9H2,1-3H3,(H,17,18)/t11-,12+,13+/m0/s1. The molecule has 3 heteroatoms. The number of hydrogen-bond donors (Lipinski definition) is 1. The molecule has 0 amide bonds. The first kappa shape index (κ1) is 13.1. The molecule has 0 saturated carbocycles. The highest BCUT2D eigenvalue weighted by molar-refractivity contribution is 5.73. The van der Waals surface area contributed by atoms with Crippen molar-refractivity contribution in [2.24, 2.45) is 0 Å². The lowest BCUT2D eigenvalue weighted by molar-refractivity contribution is -0.142. The van der Waals surface area contributed by atoms with Crippen molar-refractivity contribution in [2.45, 2.75) is 45.2 Å². The molecule has 1 aliphatic heterocycles. The number of hydrogen-bond acceptors (Lipinski definition) is 2. The highest BCUT2D eigenvalue weighted by Crippen LogP contribution is 2.34. The highest BCUT2D eigenvalue weighted by atomic mass is 16.4. The molecule has 1 aromatic rings. The van der Waals surface area contributed by atoms with Gasteiger partial charge >= 0.3 is 5.97 Å². The van der Waals surface area contributed by atoms with Gasteiger partial charge in [-0.1, -0.05) is 24.3 Å². The Hall–Kier alpha value is -1.35. The summed E-state index contributed by atoms with van der Waals surface area (Å²) in [5.41, 5.74) is 2.67. The van der Waals surface area contributed by atoms with E-state index in [1.807, 2.05) is 0 Å². The van der Waals surface area contributed by atoms with Crippen LogP contribution in [0.25, 0.3) is 0 Å². The van der Waals surface area contributed by atoms with Crippen molar-refractivity contribution < 1.29 is 9.90 Å².